The van der Waals surface area contributed by atoms with Crippen LogP contribution in [0.2, 0.25) is 0 Å². The molecule has 3 heteroatoms. The Morgan fingerprint density at radius 2 is 2.38 bits per heavy atom. The van der Waals surface area contributed by atoms with Crippen molar-refractivity contribution in [2.45, 2.75) is 17.7 Å². The third kappa shape index (κ3) is 1.48. The molecule has 1 nitrogen and oxygen atoms in total. The van der Waals surface area contributed by atoms with Crippen molar-refractivity contribution in [2.75, 3.05) is 5.75 Å². The van der Waals surface area contributed by atoms with E-state index in [1.807, 2.05) is 0 Å². The number of fused-ring (bicyclic) bond motifs is 1. The molecular weight excluding hydrogens is 187 g/mol. The summed E-state index contributed by atoms with van der Waals surface area (Å²) in [4.78, 5) is 12.2. The predicted octanol–water partition coefficient (Wildman–Crippen LogP) is 2.60. The van der Waals surface area contributed by atoms with E-state index in [9.17, 15) is 9.18 Å². The minimum Gasteiger partial charge on any atom is -0.299 e. The average molecular weight is 196 g/mol. The van der Waals surface area contributed by atoms with Crippen LogP contribution < -0.4 is 0 Å². The Kier molecular flexibility index (Phi) is 2.12. The van der Waals surface area contributed by atoms with Crippen LogP contribution in [0.3, 0.4) is 0 Å². The maximum atomic E-state index is 12.9. The maximum absolute atomic E-state index is 12.9. The molecule has 0 fully saturated rings. The normalized spacial score (nSPS) is 20.0. The molecular formula is C10H9FOS. The Labute approximate surface area is 80.3 Å². The van der Waals surface area contributed by atoms with Crippen LogP contribution in [0, 0.1) is 5.82 Å². The lowest BCUT2D eigenvalue weighted by atomic mass is 9.98. The van der Waals surface area contributed by atoms with Gasteiger partial charge in [0.05, 0.1) is 5.92 Å². The summed E-state index contributed by atoms with van der Waals surface area (Å²) in [6.07, 6.45) is 0. The molecule has 1 aliphatic rings. The van der Waals surface area contributed by atoms with Crippen LogP contribution in [0.5, 0.6) is 0 Å². The summed E-state index contributed by atoms with van der Waals surface area (Å²) in [5.41, 5.74) is 0.859. The number of carbonyl (C=O) groups is 1. The van der Waals surface area contributed by atoms with Gasteiger partial charge in [-0.25, -0.2) is 4.39 Å². The van der Waals surface area contributed by atoms with Gasteiger partial charge in [0.2, 0.25) is 0 Å². The van der Waals surface area contributed by atoms with E-state index in [1.54, 1.807) is 24.8 Å². The lowest BCUT2D eigenvalue weighted by Crippen LogP contribution is -2.07. The fraction of sp³-hybridized carbons (Fsp3) is 0.300. The largest absolute Gasteiger partial charge is 0.299 e. The molecule has 1 heterocycles. The Balaban J connectivity index is 2.46. The Morgan fingerprint density at radius 3 is 3.08 bits per heavy atom. The molecule has 1 aromatic carbocycles. The van der Waals surface area contributed by atoms with E-state index in [-0.39, 0.29) is 17.5 Å². The molecule has 0 bridgehead atoms. The molecule has 0 N–H and O–H groups in total. The zero-order valence-corrected chi connectivity index (χ0v) is 8.03. The zero-order chi connectivity index (χ0) is 9.42. The van der Waals surface area contributed by atoms with Gasteiger partial charge in [0.1, 0.15) is 11.6 Å². The van der Waals surface area contributed by atoms with E-state index in [1.165, 1.54) is 12.1 Å². The summed E-state index contributed by atoms with van der Waals surface area (Å²) in [5.74, 6) is 0.522. The fourth-order valence-electron chi connectivity index (χ4n) is 1.52. The Bertz CT molecular complexity index is 362. The first-order valence-electron chi connectivity index (χ1n) is 4.11. The minimum absolute atomic E-state index is 0.101. The van der Waals surface area contributed by atoms with Crippen molar-refractivity contribution in [3.05, 3.63) is 29.6 Å². The van der Waals surface area contributed by atoms with Crippen LogP contribution in [0.4, 0.5) is 4.39 Å². The molecule has 68 valence electrons. The van der Waals surface area contributed by atoms with E-state index < -0.39 is 0 Å². The van der Waals surface area contributed by atoms with Crippen LogP contribution in [-0.2, 0) is 4.79 Å². The van der Waals surface area contributed by atoms with Crippen LogP contribution in [0.1, 0.15) is 18.4 Å². The predicted molar refractivity (Wildman–Crippen MR) is 50.5 cm³/mol. The summed E-state index contributed by atoms with van der Waals surface area (Å²) in [6, 6.07) is 4.66. The molecule has 2 rings (SSSR count). The van der Waals surface area contributed by atoms with Crippen LogP contribution in [0.15, 0.2) is 23.1 Å². The summed E-state index contributed by atoms with van der Waals surface area (Å²) < 4.78 is 12.9. The zero-order valence-electron chi connectivity index (χ0n) is 7.21. The quantitative estimate of drug-likeness (QED) is 0.686. The second kappa shape index (κ2) is 3.14. The number of rotatable bonds is 1. The topological polar surface area (TPSA) is 17.1 Å². The second-order valence-corrected chi connectivity index (χ2v) is 4.22. The van der Waals surface area contributed by atoms with E-state index in [0.29, 0.717) is 0 Å². The number of Topliss-reactive ketones (excluding diaryl/α,β-unsaturated/α-hetero) is 1. The number of halogens is 1. The van der Waals surface area contributed by atoms with Crippen molar-refractivity contribution < 1.29 is 9.18 Å². The molecule has 0 saturated carbocycles. The van der Waals surface area contributed by atoms with Gasteiger partial charge in [-0.3, -0.25) is 4.79 Å². The van der Waals surface area contributed by atoms with E-state index in [2.05, 4.69) is 0 Å². The molecule has 0 radical (unpaired) electrons. The summed E-state index contributed by atoms with van der Waals surface area (Å²) in [6.45, 7) is 1.56. The maximum Gasteiger partial charge on any atom is 0.138 e. The number of hydrogen-bond donors (Lipinski definition) is 0. The van der Waals surface area contributed by atoms with Gasteiger partial charge in [0.25, 0.3) is 0 Å². The van der Waals surface area contributed by atoms with Gasteiger partial charge >= 0.3 is 0 Å². The molecule has 13 heavy (non-hydrogen) atoms. The summed E-state index contributed by atoms with van der Waals surface area (Å²) in [7, 11) is 0. The van der Waals surface area contributed by atoms with Gasteiger partial charge in [-0.05, 0) is 30.7 Å². The summed E-state index contributed by atoms with van der Waals surface area (Å²) >= 11 is 1.63. The number of ketones is 1. The number of benzene rings is 1. The highest BCUT2D eigenvalue weighted by Gasteiger charge is 2.26. The fourth-order valence-corrected chi connectivity index (χ4v) is 2.81. The molecule has 0 amide bonds. The molecule has 1 aliphatic heterocycles. The van der Waals surface area contributed by atoms with Gasteiger partial charge in [0, 0.05) is 10.6 Å². The Hall–Kier alpha value is -0.830. The van der Waals surface area contributed by atoms with Crippen molar-refractivity contribution in [1.82, 2.24) is 0 Å². The van der Waals surface area contributed by atoms with Crippen LogP contribution in [-0.4, -0.2) is 11.5 Å². The number of hydrogen-bond acceptors (Lipinski definition) is 2. The number of thioether (sulfide) groups is 1. The van der Waals surface area contributed by atoms with E-state index in [0.717, 1.165) is 16.2 Å². The lowest BCUT2D eigenvalue weighted by molar-refractivity contribution is -0.117. The van der Waals surface area contributed by atoms with Gasteiger partial charge in [0.15, 0.2) is 0 Å². The molecule has 0 spiro atoms. The number of carbonyl (C=O) groups excluding carboxylic acids is 1. The highest BCUT2D eigenvalue weighted by Crippen LogP contribution is 2.40. The van der Waals surface area contributed by atoms with Gasteiger partial charge in [-0.1, -0.05) is 0 Å². The Morgan fingerprint density at radius 1 is 1.62 bits per heavy atom. The van der Waals surface area contributed by atoms with E-state index in [4.69, 9.17) is 0 Å². The minimum atomic E-state index is -0.257. The first-order valence-corrected chi connectivity index (χ1v) is 5.10. The molecule has 0 aliphatic carbocycles. The third-order valence-electron chi connectivity index (χ3n) is 2.24. The first kappa shape index (κ1) is 8.75. The first-order chi connectivity index (χ1) is 6.18. The molecule has 0 saturated heterocycles. The SMILES string of the molecule is CC(=O)C1CSc2ccc(F)cc21. The third-order valence-corrected chi connectivity index (χ3v) is 3.43. The average Bonchev–Trinajstić information content (AvgIpc) is 2.46. The van der Waals surface area contributed by atoms with Crippen molar-refractivity contribution in [1.29, 1.82) is 0 Å². The van der Waals surface area contributed by atoms with Crippen molar-refractivity contribution in [3.63, 3.8) is 0 Å². The molecule has 1 atom stereocenters. The highest BCUT2D eigenvalue weighted by molar-refractivity contribution is 7.99. The molecule has 0 aromatic heterocycles. The van der Waals surface area contributed by atoms with E-state index >= 15 is 0 Å². The molecule has 1 aromatic rings. The standard InChI is InChI=1S/C10H9FOS/c1-6(12)9-5-13-10-3-2-7(11)4-8(9)10/h2-4,9H,5H2,1H3. The van der Waals surface area contributed by atoms with Crippen molar-refractivity contribution >= 4 is 17.5 Å². The van der Waals surface area contributed by atoms with Crippen molar-refractivity contribution in [2.24, 2.45) is 0 Å². The van der Waals surface area contributed by atoms with Gasteiger partial charge in [-0.2, -0.15) is 0 Å². The van der Waals surface area contributed by atoms with Gasteiger partial charge < -0.3 is 0 Å². The van der Waals surface area contributed by atoms with Crippen LogP contribution >= 0.6 is 11.8 Å². The van der Waals surface area contributed by atoms with Crippen molar-refractivity contribution in [3.8, 4) is 0 Å². The van der Waals surface area contributed by atoms with Gasteiger partial charge in [-0.15, -0.1) is 11.8 Å². The highest BCUT2D eigenvalue weighted by atomic mass is 32.2. The van der Waals surface area contributed by atoms with Crippen LogP contribution in [0.25, 0.3) is 0 Å². The lowest BCUT2D eigenvalue weighted by Gasteiger charge is -2.05. The summed E-state index contributed by atoms with van der Waals surface area (Å²) in [5, 5.41) is 0. The monoisotopic (exact) mass is 196 g/mol. The smallest absolute Gasteiger partial charge is 0.138 e. The molecule has 1 unspecified atom stereocenters. The second-order valence-electron chi connectivity index (χ2n) is 3.16.